The molecule has 0 radical (unpaired) electrons. The second kappa shape index (κ2) is 55.7. The molecule has 6 heteroatoms. The predicted octanol–water partition coefficient (Wildman–Crippen LogP) is 18.0. The molecule has 0 bridgehead atoms. The monoisotopic (exact) mass is 928 g/mol. The van der Waals surface area contributed by atoms with Crippen LogP contribution in [-0.4, -0.2) is 47.4 Å². The van der Waals surface area contributed by atoms with Gasteiger partial charge in [0.1, 0.15) is 0 Å². The largest absolute Gasteiger partial charge is 0.466 e. The Labute approximate surface area is 411 Å². The normalized spacial score (nSPS) is 12.8. The lowest BCUT2D eigenvalue weighted by Crippen LogP contribution is -2.45. The molecular weight excluding hydrogens is 815 g/mol. The van der Waals surface area contributed by atoms with Crippen molar-refractivity contribution in [3.63, 3.8) is 0 Å². The van der Waals surface area contributed by atoms with Gasteiger partial charge in [-0.15, -0.1) is 0 Å². The van der Waals surface area contributed by atoms with Crippen molar-refractivity contribution in [1.29, 1.82) is 0 Å². The number of carbonyl (C=O) groups excluding carboxylic acids is 2. The van der Waals surface area contributed by atoms with E-state index in [1.165, 1.54) is 186 Å². The summed E-state index contributed by atoms with van der Waals surface area (Å²) in [5.41, 5.74) is 0. The van der Waals surface area contributed by atoms with Gasteiger partial charge in [0.2, 0.25) is 5.91 Å². The molecule has 0 saturated carbocycles. The molecule has 0 saturated heterocycles. The maximum Gasteiger partial charge on any atom is 0.305 e. The lowest BCUT2D eigenvalue weighted by molar-refractivity contribution is -0.143. The average Bonchev–Trinajstić information content (AvgIpc) is 3.32. The van der Waals surface area contributed by atoms with Crippen LogP contribution in [0, 0.1) is 0 Å². The van der Waals surface area contributed by atoms with Crippen LogP contribution in [0.5, 0.6) is 0 Å². The third-order valence-electron chi connectivity index (χ3n) is 13.4. The van der Waals surface area contributed by atoms with Gasteiger partial charge in [0.05, 0.1) is 25.4 Å². The number of hydrogen-bond acceptors (Lipinski definition) is 5. The Balaban J connectivity index is 3.50. The zero-order valence-corrected chi connectivity index (χ0v) is 44.2. The number of ether oxygens (including phenoxy) is 1. The van der Waals surface area contributed by atoms with Gasteiger partial charge in [0, 0.05) is 12.8 Å². The van der Waals surface area contributed by atoms with E-state index in [2.05, 4.69) is 55.6 Å². The fraction of sp³-hybridized carbons (Fsp3) is 0.867. The van der Waals surface area contributed by atoms with E-state index in [1.54, 1.807) is 0 Å². The van der Waals surface area contributed by atoms with E-state index in [1.807, 2.05) is 0 Å². The lowest BCUT2D eigenvalue weighted by atomic mass is 10.0. The molecule has 0 heterocycles. The molecule has 0 aromatic rings. The summed E-state index contributed by atoms with van der Waals surface area (Å²) >= 11 is 0. The van der Waals surface area contributed by atoms with Gasteiger partial charge in [-0.2, -0.15) is 0 Å². The standard InChI is InChI=1S/C60H113NO5/c1-3-5-7-9-11-13-15-17-18-19-20-21-22-23-24-25-26-27-29-32-36-40-44-48-52-58(63)57(56-62)61-59(64)53-49-45-41-37-33-30-31-35-39-43-47-51-55-66-60(65)54-50-46-42-38-34-28-16-14-12-10-8-6-4-2/h8,10,14,16,31,35,57-58,62-63H,3-7,9,11-13,15,17-30,32-34,36-56H2,1-2H3,(H,61,64)/b10-8-,16-14-,35-31-. The second-order valence-electron chi connectivity index (χ2n) is 20.0. The summed E-state index contributed by atoms with van der Waals surface area (Å²) in [7, 11) is 0. The summed E-state index contributed by atoms with van der Waals surface area (Å²) in [5, 5.41) is 23.3. The molecule has 3 N–H and O–H groups in total. The van der Waals surface area contributed by atoms with E-state index in [4.69, 9.17) is 4.74 Å². The molecular formula is C60H113NO5. The maximum absolute atomic E-state index is 12.5. The van der Waals surface area contributed by atoms with Crippen molar-refractivity contribution in [2.45, 2.75) is 321 Å². The third kappa shape index (κ3) is 51.5. The van der Waals surface area contributed by atoms with E-state index in [0.717, 1.165) is 89.9 Å². The van der Waals surface area contributed by atoms with Crippen molar-refractivity contribution in [1.82, 2.24) is 5.32 Å². The minimum Gasteiger partial charge on any atom is -0.466 e. The molecule has 1 amide bonds. The predicted molar refractivity (Wildman–Crippen MR) is 287 cm³/mol. The number of rotatable bonds is 54. The molecule has 0 spiro atoms. The first-order valence-electron chi connectivity index (χ1n) is 29.2. The molecule has 2 atom stereocenters. The second-order valence-corrected chi connectivity index (χ2v) is 20.0. The fourth-order valence-electron chi connectivity index (χ4n) is 8.91. The van der Waals surface area contributed by atoms with Crippen LogP contribution in [0.3, 0.4) is 0 Å². The van der Waals surface area contributed by atoms with E-state index in [0.29, 0.717) is 25.9 Å². The zero-order valence-electron chi connectivity index (χ0n) is 44.2. The van der Waals surface area contributed by atoms with Crippen LogP contribution in [0.1, 0.15) is 309 Å². The first-order chi connectivity index (χ1) is 32.5. The minimum atomic E-state index is -0.683. The summed E-state index contributed by atoms with van der Waals surface area (Å²) < 4.78 is 5.43. The number of nitrogens with one attached hydrogen (secondary N) is 1. The van der Waals surface area contributed by atoms with E-state index in [-0.39, 0.29) is 18.5 Å². The SMILES string of the molecule is CCC/C=C\C/C=C\CCCCCCCC(=O)OCCCCC/C=C\CCCCCCCC(=O)NC(CO)C(O)CCCCCCCCCCCCCCCCCCCCCCCCCC. The molecule has 0 aromatic carbocycles. The smallest absolute Gasteiger partial charge is 0.305 e. The molecule has 2 unspecified atom stereocenters. The summed E-state index contributed by atoms with van der Waals surface area (Å²) in [6.07, 6.45) is 68.5. The Morgan fingerprint density at radius 3 is 1.23 bits per heavy atom. The number of allylic oxidation sites excluding steroid dienone is 6. The highest BCUT2D eigenvalue weighted by Crippen LogP contribution is 2.17. The number of amides is 1. The molecule has 0 aromatic heterocycles. The van der Waals surface area contributed by atoms with Gasteiger partial charge in [-0.3, -0.25) is 9.59 Å². The molecule has 0 fully saturated rings. The van der Waals surface area contributed by atoms with Crippen LogP contribution in [0.4, 0.5) is 0 Å². The van der Waals surface area contributed by atoms with Gasteiger partial charge < -0.3 is 20.3 Å². The van der Waals surface area contributed by atoms with Gasteiger partial charge in [0.15, 0.2) is 0 Å². The molecule has 388 valence electrons. The molecule has 0 aliphatic heterocycles. The highest BCUT2D eigenvalue weighted by Gasteiger charge is 2.20. The highest BCUT2D eigenvalue weighted by atomic mass is 16.5. The first-order valence-corrected chi connectivity index (χ1v) is 29.2. The van der Waals surface area contributed by atoms with Gasteiger partial charge in [-0.25, -0.2) is 0 Å². The average molecular weight is 929 g/mol. The number of aliphatic hydroxyl groups is 2. The Bertz CT molecular complexity index is 1070. The van der Waals surface area contributed by atoms with Crippen LogP contribution in [0.2, 0.25) is 0 Å². The van der Waals surface area contributed by atoms with Gasteiger partial charge in [-0.05, 0) is 83.5 Å². The third-order valence-corrected chi connectivity index (χ3v) is 13.4. The van der Waals surface area contributed by atoms with Crippen molar-refractivity contribution in [2.24, 2.45) is 0 Å². The first kappa shape index (κ1) is 64.1. The maximum atomic E-state index is 12.5. The van der Waals surface area contributed by atoms with Crippen LogP contribution < -0.4 is 5.32 Å². The number of aliphatic hydroxyl groups excluding tert-OH is 2. The minimum absolute atomic E-state index is 0.0376. The van der Waals surface area contributed by atoms with Gasteiger partial charge in [-0.1, -0.05) is 249 Å². The summed E-state index contributed by atoms with van der Waals surface area (Å²) in [4.78, 5) is 24.5. The van der Waals surface area contributed by atoms with Crippen molar-refractivity contribution < 1.29 is 24.5 Å². The summed E-state index contributed by atoms with van der Waals surface area (Å²) in [6, 6.07) is -0.563. The zero-order chi connectivity index (χ0) is 47.9. The molecule has 66 heavy (non-hydrogen) atoms. The quantitative estimate of drug-likeness (QED) is 0.0321. The van der Waals surface area contributed by atoms with E-state index in [9.17, 15) is 19.8 Å². The Morgan fingerprint density at radius 1 is 0.424 bits per heavy atom. The van der Waals surface area contributed by atoms with Crippen LogP contribution in [-0.2, 0) is 14.3 Å². The fourth-order valence-corrected chi connectivity index (χ4v) is 8.91. The number of esters is 1. The van der Waals surface area contributed by atoms with E-state index < -0.39 is 12.1 Å². The topological polar surface area (TPSA) is 95.9 Å². The number of carbonyl (C=O) groups is 2. The van der Waals surface area contributed by atoms with Crippen molar-refractivity contribution in [3.05, 3.63) is 36.5 Å². The van der Waals surface area contributed by atoms with Crippen molar-refractivity contribution in [2.75, 3.05) is 13.2 Å². The molecule has 0 aliphatic carbocycles. The summed E-state index contributed by atoms with van der Waals surface area (Å²) in [6.45, 7) is 4.84. The van der Waals surface area contributed by atoms with E-state index >= 15 is 0 Å². The molecule has 6 nitrogen and oxygen atoms in total. The Kier molecular flexibility index (Phi) is 54.1. The lowest BCUT2D eigenvalue weighted by Gasteiger charge is -2.22. The van der Waals surface area contributed by atoms with Crippen LogP contribution in [0.15, 0.2) is 36.5 Å². The van der Waals surface area contributed by atoms with Crippen molar-refractivity contribution >= 4 is 11.9 Å². The molecule has 0 rings (SSSR count). The van der Waals surface area contributed by atoms with Gasteiger partial charge in [0.25, 0.3) is 0 Å². The van der Waals surface area contributed by atoms with Gasteiger partial charge >= 0.3 is 5.97 Å². The molecule has 0 aliphatic rings. The Morgan fingerprint density at radius 2 is 0.788 bits per heavy atom. The Hall–Kier alpha value is -1.92. The van der Waals surface area contributed by atoms with Crippen LogP contribution in [0.25, 0.3) is 0 Å². The summed E-state index contributed by atoms with van der Waals surface area (Å²) in [5.74, 6) is -0.0971. The van der Waals surface area contributed by atoms with Crippen LogP contribution >= 0.6 is 0 Å². The van der Waals surface area contributed by atoms with Crippen molar-refractivity contribution in [3.8, 4) is 0 Å². The highest BCUT2D eigenvalue weighted by molar-refractivity contribution is 5.76. The number of hydrogen-bond donors (Lipinski definition) is 3. The number of unbranched alkanes of at least 4 members (excludes halogenated alkanes) is 37.